The quantitative estimate of drug-likeness (QED) is 0.755. The van der Waals surface area contributed by atoms with Crippen LogP contribution in [0.15, 0.2) is 0 Å². The van der Waals surface area contributed by atoms with Crippen molar-refractivity contribution in [2.75, 3.05) is 12.8 Å². The van der Waals surface area contributed by atoms with Gasteiger partial charge in [0.05, 0.1) is 6.26 Å². The van der Waals surface area contributed by atoms with Gasteiger partial charge in [-0.15, -0.1) is 0 Å². The number of rotatable bonds is 5. The number of carbonyl (C=O) groups is 2. The number of hydrogen-bond acceptors (Lipinski definition) is 4. The molecule has 2 N–H and O–H groups in total. The van der Waals surface area contributed by atoms with Crippen molar-refractivity contribution in [3.63, 3.8) is 0 Å². The minimum Gasteiger partial charge on any atom is -0.338 e. The van der Waals surface area contributed by atoms with Gasteiger partial charge in [0.1, 0.15) is 0 Å². The molecule has 7 nitrogen and oxygen atoms in total. The molecule has 1 fully saturated rings. The van der Waals surface area contributed by atoms with Crippen LogP contribution < -0.4 is 10.6 Å². The molecule has 8 heteroatoms. The van der Waals surface area contributed by atoms with Crippen LogP contribution in [0.5, 0.6) is 0 Å². The van der Waals surface area contributed by atoms with Crippen molar-refractivity contribution in [2.24, 2.45) is 0 Å². The molecule has 0 aromatic heterocycles. The molecule has 0 aliphatic heterocycles. The van der Waals surface area contributed by atoms with Gasteiger partial charge >= 0.3 is 12.1 Å². The molecule has 1 saturated carbocycles. The lowest BCUT2D eigenvalue weighted by Gasteiger charge is -2.32. The van der Waals surface area contributed by atoms with Crippen molar-refractivity contribution in [3.8, 4) is 0 Å². The standard InChI is InChI=1S/C13H25N3O4S/c1-3-4-10-14-12(17)15-13(18)16(21(2,19)20)11-8-6-5-7-9-11/h11H,3-10H2,1-2H3,(H2,14,15,17,18). The number of sulfonamides is 1. The molecule has 0 aromatic rings. The zero-order chi connectivity index (χ0) is 15.9. The van der Waals surface area contributed by atoms with Gasteiger partial charge in [-0.3, -0.25) is 5.32 Å². The van der Waals surface area contributed by atoms with Crippen LogP contribution in [-0.2, 0) is 10.0 Å². The Labute approximate surface area is 126 Å². The van der Waals surface area contributed by atoms with Gasteiger partial charge in [0.2, 0.25) is 10.0 Å². The first-order valence-electron chi connectivity index (χ1n) is 7.44. The van der Waals surface area contributed by atoms with E-state index < -0.39 is 22.1 Å². The summed E-state index contributed by atoms with van der Waals surface area (Å²) in [7, 11) is -3.69. The van der Waals surface area contributed by atoms with E-state index >= 15 is 0 Å². The molecule has 0 atom stereocenters. The van der Waals surface area contributed by atoms with Gasteiger partial charge in [-0.25, -0.2) is 22.3 Å². The Morgan fingerprint density at radius 1 is 1.19 bits per heavy atom. The topological polar surface area (TPSA) is 95.6 Å². The number of imide groups is 1. The second-order valence-corrected chi connectivity index (χ2v) is 7.25. The van der Waals surface area contributed by atoms with Crippen LogP contribution in [0.4, 0.5) is 9.59 Å². The predicted molar refractivity (Wildman–Crippen MR) is 80.4 cm³/mol. The van der Waals surface area contributed by atoms with Crippen LogP contribution in [-0.4, -0.2) is 43.6 Å². The summed E-state index contributed by atoms with van der Waals surface area (Å²) in [6.45, 7) is 2.44. The molecule has 4 amide bonds. The summed E-state index contributed by atoms with van der Waals surface area (Å²) in [6.07, 6.45) is 6.87. The normalized spacial score (nSPS) is 16.3. The van der Waals surface area contributed by atoms with Crippen LogP contribution in [0.3, 0.4) is 0 Å². The molecule has 21 heavy (non-hydrogen) atoms. The highest BCUT2D eigenvalue weighted by Crippen LogP contribution is 2.24. The van der Waals surface area contributed by atoms with Crippen molar-refractivity contribution < 1.29 is 18.0 Å². The molecule has 0 bridgehead atoms. The Balaban J connectivity index is 2.66. The third kappa shape index (κ3) is 5.91. The number of hydrogen-bond donors (Lipinski definition) is 2. The first kappa shape index (κ1) is 17.7. The Kier molecular flexibility index (Phi) is 6.94. The van der Waals surface area contributed by atoms with Gasteiger partial charge < -0.3 is 5.32 Å². The summed E-state index contributed by atoms with van der Waals surface area (Å²) in [6, 6.07) is -1.87. The minimum atomic E-state index is -3.69. The average molecular weight is 319 g/mol. The highest BCUT2D eigenvalue weighted by molar-refractivity contribution is 7.88. The number of amides is 4. The van der Waals surface area contributed by atoms with Gasteiger partial charge in [0, 0.05) is 12.6 Å². The Hall–Kier alpha value is -1.31. The molecule has 1 aliphatic carbocycles. The molecule has 0 saturated heterocycles. The zero-order valence-corrected chi connectivity index (χ0v) is 13.5. The molecule has 0 heterocycles. The Morgan fingerprint density at radius 2 is 1.81 bits per heavy atom. The monoisotopic (exact) mass is 319 g/mol. The number of urea groups is 2. The van der Waals surface area contributed by atoms with E-state index in [0.29, 0.717) is 19.4 Å². The van der Waals surface area contributed by atoms with Crippen molar-refractivity contribution >= 4 is 22.1 Å². The van der Waals surface area contributed by atoms with E-state index in [9.17, 15) is 18.0 Å². The first-order chi connectivity index (χ1) is 9.86. The molecule has 122 valence electrons. The third-order valence-electron chi connectivity index (χ3n) is 3.50. The third-order valence-corrected chi connectivity index (χ3v) is 4.68. The van der Waals surface area contributed by atoms with Crippen molar-refractivity contribution in [2.45, 2.75) is 57.9 Å². The van der Waals surface area contributed by atoms with Gasteiger partial charge in [0.15, 0.2) is 0 Å². The van der Waals surface area contributed by atoms with Gasteiger partial charge in [-0.05, 0) is 19.3 Å². The van der Waals surface area contributed by atoms with E-state index in [2.05, 4.69) is 10.6 Å². The van der Waals surface area contributed by atoms with Crippen molar-refractivity contribution in [3.05, 3.63) is 0 Å². The molecular formula is C13H25N3O4S. The maximum atomic E-state index is 12.1. The number of nitrogens with zero attached hydrogens (tertiary/aromatic N) is 1. The van der Waals surface area contributed by atoms with E-state index in [1.165, 1.54) is 0 Å². The predicted octanol–water partition coefficient (Wildman–Crippen LogP) is 1.80. The maximum Gasteiger partial charge on any atom is 0.339 e. The van der Waals surface area contributed by atoms with E-state index in [-0.39, 0.29) is 6.04 Å². The SMILES string of the molecule is CCCCNC(=O)NC(=O)N(C1CCCCC1)S(C)(=O)=O. The van der Waals surface area contributed by atoms with E-state index in [4.69, 9.17) is 0 Å². The number of nitrogens with one attached hydrogen (secondary N) is 2. The lowest BCUT2D eigenvalue weighted by atomic mass is 9.96. The minimum absolute atomic E-state index is 0.350. The largest absolute Gasteiger partial charge is 0.339 e. The highest BCUT2D eigenvalue weighted by atomic mass is 32.2. The van der Waals surface area contributed by atoms with Crippen LogP contribution >= 0.6 is 0 Å². The Morgan fingerprint density at radius 3 is 2.33 bits per heavy atom. The maximum absolute atomic E-state index is 12.1. The highest BCUT2D eigenvalue weighted by Gasteiger charge is 2.33. The van der Waals surface area contributed by atoms with Crippen LogP contribution in [0.25, 0.3) is 0 Å². The van der Waals surface area contributed by atoms with Crippen LogP contribution in [0, 0.1) is 0 Å². The molecule has 0 unspecified atom stereocenters. The second kappa shape index (κ2) is 8.21. The number of unbranched alkanes of at least 4 members (excludes halogenated alkanes) is 1. The van der Waals surface area contributed by atoms with E-state index in [1.807, 2.05) is 6.92 Å². The zero-order valence-electron chi connectivity index (χ0n) is 12.7. The lowest BCUT2D eigenvalue weighted by Crippen LogP contribution is -2.53. The molecule has 0 aromatic carbocycles. The molecule has 1 aliphatic rings. The molecule has 0 spiro atoms. The summed E-state index contributed by atoms with van der Waals surface area (Å²) >= 11 is 0. The van der Waals surface area contributed by atoms with Gasteiger partial charge in [-0.1, -0.05) is 32.6 Å². The molecule has 1 rings (SSSR count). The fraction of sp³-hybridized carbons (Fsp3) is 0.846. The van der Waals surface area contributed by atoms with E-state index in [1.54, 1.807) is 0 Å². The van der Waals surface area contributed by atoms with Gasteiger partial charge in [-0.2, -0.15) is 0 Å². The van der Waals surface area contributed by atoms with Gasteiger partial charge in [0.25, 0.3) is 0 Å². The molecule has 0 radical (unpaired) electrons. The lowest BCUT2D eigenvalue weighted by molar-refractivity contribution is 0.197. The summed E-state index contributed by atoms with van der Waals surface area (Å²) in [5.74, 6) is 0. The fourth-order valence-corrected chi connectivity index (χ4v) is 3.58. The van der Waals surface area contributed by atoms with Crippen molar-refractivity contribution in [1.29, 1.82) is 0 Å². The molecular weight excluding hydrogens is 294 g/mol. The summed E-state index contributed by atoms with van der Waals surface area (Å²) in [5, 5.41) is 4.63. The first-order valence-corrected chi connectivity index (χ1v) is 9.29. The van der Waals surface area contributed by atoms with Crippen molar-refractivity contribution in [1.82, 2.24) is 14.9 Å². The Bertz CT molecular complexity index is 458. The van der Waals surface area contributed by atoms with E-state index in [0.717, 1.165) is 42.7 Å². The fourth-order valence-electron chi connectivity index (χ4n) is 2.48. The number of carbonyl (C=O) groups excluding carboxylic acids is 2. The summed E-state index contributed by atoms with van der Waals surface area (Å²) < 4.78 is 24.5. The summed E-state index contributed by atoms with van der Waals surface area (Å²) in [5.41, 5.74) is 0. The van der Waals surface area contributed by atoms with Crippen LogP contribution in [0.2, 0.25) is 0 Å². The van der Waals surface area contributed by atoms with Crippen LogP contribution in [0.1, 0.15) is 51.9 Å². The smallest absolute Gasteiger partial charge is 0.338 e. The average Bonchev–Trinajstić information content (AvgIpc) is 2.38. The second-order valence-electron chi connectivity index (χ2n) is 5.39. The summed E-state index contributed by atoms with van der Waals surface area (Å²) in [4.78, 5) is 23.7.